The molecule has 18 heavy (non-hydrogen) atoms. The van der Waals surface area contributed by atoms with Gasteiger partial charge in [0.2, 0.25) is 0 Å². The van der Waals surface area contributed by atoms with Crippen molar-refractivity contribution in [2.24, 2.45) is 11.7 Å². The molecule has 0 spiro atoms. The van der Waals surface area contributed by atoms with E-state index in [2.05, 4.69) is 0 Å². The Labute approximate surface area is 112 Å². The molecule has 0 fully saturated rings. The van der Waals surface area contributed by atoms with E-state index in [0.717, 1.165) is 11.3 Å². The first-order valence-electron chi connectivity index (χ1n) is 5.90. The zero-order valence-electron chi connectivity index (χ0n) is 10.6. The summed E-state index contributed by atoms with van der Waals surface area (Å²) in [5.41, 5.74) is 7.74. The van der Waals surface area contributed by atoms with Crippen molar-refractivity contribution in [3.05, 3.63) is 29.8 Å². The molecule has 2 amide bonds. The fourth-order valence-corrected chi connectivity index (χ4v) is 2.15. The molecule has 0 bridgehead atoms. The van der Waals surface area contributed by atoms with Gasteiger partial charge in [0, 0.05) is 26.1 Å². The SMILES string of the molecule is CC(CN1C(=O)N(C)Cc2ccccc21)C(N)=S. The first kappa shape index (κ1) is 12.8. The van der Waals surface area contributed by atoms with Gasteiger partial charge in [-0.3, -0.25) is 4.90 Å². The predicted molar refractivity (Wildman–Crippen MR) is 76.6 cm³/mol. The van der Waals surface area contributed by atoms with Crippen LogP contribution in [0.1, 0.15) is 12.5 Å². The van der Waals surface area contributed by atoms with Crippen LogP contribution in [0.3, 0.4) is 0 Å². The minimum Gasteiger partial charge on any atom is -0.393 e. The molecule has 1 heterocycles. The highest BCUT2D eigenvalue weighted by molar-refractivity contribution is 7.80. The highest BCUT2D eigenvalue weighted by atomic mass is 32.1. The van der Waals surface area contributed by atoms with Crippen molar-refractivity contribution >= 4 is 28.9 Å². The molecule has 96 valence electrons. The minimum atomic E-state index is -0.00296. The molecule has 1 aromatic carbocycles. The van der Waals surface area contributed by atoms with Crippen LogP contribution >= 0.6 is 12.2 Å². The number of nitrogens with zero attached hydrogens (tertiary/aromatic N) is 2. The summed E-state index contributed by atoms with van der Waals surface area (Å²) >= 11 is 4.98. The number of benzene rings is 1. The van der Waals surface area contributed by atoms with Crippen LogP contribution in [0.15, 0.2) is 24.3 Å². The van der Waals surface area contributed by atoms with Crippen LogP contribution in [-0.4, -0.2) is 29.5 Å². The van der Waals surface area contributed by atoms with E-state index in [1.165, 1.54) is 0 Å². The van der Waals surface area contributed by atoms with Gasteiger partial charge in [-0.2, -0.15) is 0 Å². The smallest absolute Gasteiger partial charge is 0.324 e. The molecule has 0 radical (unpaired) electrons. The van der Waals surface area contributed by atoms with Crippen molar-refractivity contribution in [2.45, 2.75) is 13.5 Å². The average Bonchev–Trinajstić information content (AvgIpc) is 2.34. The van der Waals surface area contributed by atoms with E-state index in [1.807, 2.05) is 31.2 Å². The van der Waals surface area contributed by atoms with Crippen LogP contribution in [0.25, 0.3) is 0 Å². The fraction of sp³-hybridized carbons (Fsp3) is 0.385. The summed E-state index contributed by atoms with van der Waals surface area (Å²) in [6.07, 6.45) is 0. The zero-order valence-corrected chi connectivity index (χ0v) is 11.4. The van der Waals surface area contributed by atoms with E-state index in [1.54, 1.807) is 16.8 Å². The topological polar surface area (TPSA) is 49.6 Å². The van der Waals surface area contributed by atoms with Crippen LogP contribution in [0, 0.1) is 5.92 Å². The van der Waals surface area contributed by atoms with Crippen molar-refractivity contribution in [3.63, 3.8) is 0 Å². The molecule has 1 aromatic rings. The maximum absolute atomic E-state index is 12.2. The number of carbonyl (C=O) groups is 1. The highest BCUT2D eigenvalue weighted by Crippen LogP contribution is 2.28. The molecule has 0 aromatic heterocycles. The molecule has 4 nitrogen and oxygen atoms in total. The second kappa shape index (κ2) is 4.94. The van der Waals surface area contributed by atoms with Crippen LogP contribution < -0.4 is 10.6 Å². The van der Waals surface area contributed by atoms with Gasteiger partial charge in [0.1, 0.15) is 0 Å². The summed E-state index contributed by atoms with van der Waals surface area (Å²) in [7, 11) is 1.80. The number of carbonyl (C=O) groups excluding carboxylic acids is 1. The van der Waals surface area contributed by atoms with Gasteiger partial charge in [-0.1, -0.05) is 37.3 Å². The average molecular weight is 263 g/mol. The molecular formula is C13H17N3OS. The number of anilines is 1. The molecule has 5 heteroatoms. The third-order valence-electron chi connectivity index (χ3n) is 3.19. The fourth-order valence-electron chi connectivity index (χ4n) is 2.08. The lowest BCUT2D eigenvalue weighted by Gasteiger charge is -2.36. The zero-order chi connectivity index (χ0) is 13.3. The highest BCUT2D eigenvalue weighted by Gasteiger charge is 2.28. The molecule has 1 atom stereocenters. The lowest BCUT2D eigenvalue weighted by Crippen LogP contribution is -2.48. The normalized spacial score (nSPS) is 16.4. The Balaban J connectivity index is 2.32. The van der Waals surface area contributed by atoms with Gasteiger partial charge >= 0.3 is 6.03 Å². The molecule has 1 aliphatic heterocycles. The van der Waals surface area contributed by atoms with E-state index in [4.69, 9.17) is 18.0 Å². The molecule has 2 rings (SSSR count). The lowest BCUT2D eigenvalue weighted by atomic mass is 10.1. The van der Waals surface area contributed by atoms with Gasteiger partial charge in [0.25, 0.3) is 0 Å². The Morgan fingerprint density at radius 1 is 1.50 bits per heavy atom. The van der Waals surface area contributed by atoms with E-state index < -0.39 is 0 Å². The van der Waals surface area contributed by atoms with Gasteiger partial charge in [0.05, 0.1) is 10.7 Å². The van der Waals surface area contributed by atoms with Gasteiger partial charge in [0.15, 0.2) is 0 Å². The number of amides is 2. The van der Waals surface area contributed by atoms with Gasteiger partial charge in [-0.25, -0.2) is 4.79 Å². The van der Waals surface area contributed by atoms with Crippen LogP contribution in [0.2, 0.25) is 0 Å². The van der Waals surface area contributed by atoms with E-state index in [0.29, 0.717) is 18.1 Å². The Morgan fingerprint density at radius 2 is 2.17 bits per heavy atom. The van der Waals surface area contributed by atoms with Crippen molar-refractivity contribution in [1.29, 1.82) is 0 Å². The van der Waals surface area contributed by atoms with E-state index >= 15 is 0 Å². The standard InChI is InChI=1S/C13H17N3OS/c1-9(12(14)18)7-16-11-6-4-3-5-10(11)8-15(2)13(16)17/h3-6,9H,7-8H2,1-2H3,(H2,14,18). The number of rotatable bonds is 3. The number of hydrogen-bond donors (Lipinski definition) is 1. The van der Waals surface area contributed by atoms with Crippen molar-refractivity contribution < 1.29 is 4.79 Å². The minimum absolute atomic E-state index is 0.00296. The van der Waals surface area contributed by atoms with Gasteiger partial charge in [-0.15, -0.1) is 0 Å². The Kier molecular flexibility index (Phi) is 3.52. The molecule has 1 unspecified atom stereocenters. The van der Waals surface area contributed by atoms with E-state index in [9.17, 15) is 4.79 Å². The number of thiocarbonyl (C=S) groups is 1. The second-order valence-corrected chi connectivity index (χ2v) is 5.15. The van der Waals surface area contributed by atoms with Crippen LogP contribution in [0.5, 0.6) is 0 Å². The first-order valence-corrected chi connectivity index (χ1v) is 6.31. The maximum atomic E-state index is 12.2. The van der Waals surface area contributed by atoms with Gasteiger partial charge in [-0.05, 0) is 11.6 Å². The molecule has 1 aliphatic rings. The summed E-state index contributed by atoms with van der Waals surface area (Å²) in [5, 5.41) is 0. The van der Waals surface area contributed by atoms with Crippen LogP contribution in [-0.2, 0) is 6.54 Å². The molecule has 2 N–H and O–H groups in total. The number of urea groups is 1. The van der Waals surface area contributed by atoms with Crippen molar-refractivity contribution in [3.8, 4) is 0 Å². The van der Waals surface area contributed by atoms with Crippen molar-refractivity contribution in [1.82, 2.24) is 4.90 Å². The molecule has 0 saturated heterocycles. The Hall–Kier alpha value is -1.62. The number of fused-ring (bicyclic) bond motifs is 1. The number of hydrogen-bond acceptors (Lipinski definition) is 2. The first-order chi connectivity index (χ1) is 8.50. The molecular weight excluding hydrogens is 246 g/mol. The maximum Gasteiger partial charge on any atom is 0.324 e. The summed E-state index contributed by atoms with van der Waals surface area (Å²) in [4.78, 5) is 16.1. The number of para-hydroxylation sites is 1. The number of nitrogens with two attached hydrogens (primary N) is 1. The predicted octanol–water partition coefficient (Wildman–Crippen LogP) is 1.98. The monoisotopic (exact) mass is 263 g/mol. The molecule has 0 aliphatic carbocycles. The largest absolute Gasteiger partial charge is 0.393 e. The third-order valence-corrected chi connectivity index (χ3v) is 3.59. The van der Waals surface area contributed by atoms with E-state index in [-0.39, 0.29) is 11.9 Å². The summed E-state index contributed by atoms with van der Waals surface area (Å²) in [6, 6.07) is 7.92. The Bertz CT molecular complexity index is 489. The lowest BCUT2D eigenvalue weighted by molar-refractivity contribution is 0.210. The third kappa shape index (κ3) is 2.31. The quantitative estimate of drug-likeness (QED) is 0.848. The summed E-state index contributed by atoms with van der Waals surface area (Å²) in [5.74, 6) is 0.00325. The van der Waals surface area contributed by atoms with Crippen LogP contribution in [0.4, 0.5) is 10.5 Å². The molecule has 0 saturated carbocycles. The summed E-state index contributed by atoms with van der Waals surface area (Å²) < 4.78 is 0. The van der Waals surface area contributed by atoms with Crippen molar-refractivity contribution in [2.75, 3.05) is 18.5 Å². The second-order valence-electron chi connectivity index (χ2n) is 4.68. The summed E-state index contributed by atoms with van der Waals surface area (Å²) in [6.45, 7) is 3.11. The van der Waals surface area contributed by atoms with Gasteiger partial charge < -0.3 is 10.6 Å². The Morgan fingerprint density at radius 3 is 2.83 bits per heavy atom.